The van der Waals surface area contributed by atoms with Crippen LogP contribution in [-0.4, -0.2) is 37.2 Å². The smallest absolute Gasteiger partial charge is 0.0483 e. The van der Waals surface area contributed by atoms with Gasteiger partial charge in [-0.2, -0.15) is 0 Å². The van der Waals surface area contributed by atoms with Crippen LogP contribution in [0.5, 0.6) is 0 Å². The van der Waals surface area contributed by atoms with E-state index < -0.39 is 0 Å². The van der Waals surface area contributed by atoms with E-state index in [1.54, 1.807) is 0 Å². The summed E-state index contributed by atoms with van der Waals surface area (Å²) in [6.45, 7) is 5.61. The maximum atomic E-state index is 5.43. The van der Waals surface area contributed by atoms with E-state index in [0.29, 0.717) is 5.54 Å². The largest absolute Gasteiger partial charge is 0.381 e. The van der Waals surface area contributed by atoms with Crippen molar-refractivity contribution in [3.63, 3.8) is 0 Å². The van der Waals surface area contributed by atoms with E-state index in [0.717, 1.165) is 19.1 Å². The zero-order chi connectivity index (χ0) is 8.60. The Labute approximate surface area is 74.9 Å². The van der Waals surface area contributed by atoms with Crippen LogP contribution in [0.25, 0.3) is 0 Å². The highest BCUT2D eigenvalue weighted by molar-refractivity contribution is 4.99. The van der Waals surface area contributed by atoms with Crippen LogP contribution in [0.2, 0.25) is 0 Å². The molecule has 0 aromatic rings. The molecule has 0 unspecified atom stereocenters. The molecule has 1 spiro atoms. The third-order valence-electron chi connectivity index (χ3n) is 3.93. The molecule has 0 bridgehead atoms. The van der Waals surface area contributed by atoms with Gasteiger partial charge in [0, 0.05) is 18.8 Å². The second-order valence-electron chi connectivity index (χ2n) is 4.33. The molecule has 0 aliphatic carbocycles. The monoisotopic (exact) mass is 169 g/mol. The molecule has 2 fully saturated rings. The van der Waals surface area contributed by atoms with Crippen LogP contribution in [0.1, 0.15) is 26.2 Å². The first-order valence-corrected chi connectivity index (χ1v) is 5.05. The fraction of sp³-hybridized carbons (Fsp3) is 1.00. The van der Waals surface area contributed by atoms with E-state index >= 15 is 0 Å². The number of hydrogen-bond donors (Lipinski definition) is 0. The summed E-state index contributed by atoms with van der Waals surface area (Å²) in [5, 5.41) is 0. The Kier molecular flexibility index (Phi) is 2.13. The van der Waals surface area contributed by atoms with Crippen molar-refractivity contribution in [3.05, 3.63) is 0 Å². The Morgan fingerprint density at radius 2 is 2.00 bits per heavy atom. The predicted octanol–water partition coefficient (Wildman–Crippen LogP) is 1.51. The van der Waals surface area contributed by atoms with Crippen molar-refractivity contribution in [2.24, 2.45) is 5.92 Å². The van der Waals surface area contributed by atoms with Crippen LogP contribution in [-0.2, 0) is 4.74 Å². The minimum absolute atomic E-state index is 0.498. The van der Waals surface area contributed by atoms with Gasteiger partial charge < -0.3 is 9.64 Å². The first-order valence-electron chi connectivity index (χ1n) is 5.05. The van der Waals surface area contributed by atoms with Crippen molar-refractivity contribution < 1.29 is 4.74 Å². The van der Waals surface area contributed by atoms with Crippen LogP contribution < -0.4 is 0 Å². The fourth-order valence-electron chi connectivity index (χ4n) is 2.85. The molecule has 2 aliphatic heterocycles. The van der Waals surface area contributed by atoms with Gasteiger partial charge in [0.25, 0.3) is 0 Å². The lowest BCUT2D eigenvalue weighted by molar-refractivity contribution is -0.0153. The quantitative estimate of drug-likeness (QED) is 0.545. The molecule has 0 amide bonds. The molecule has 0 radical (unpaired) electrons. The molecule has 2 nitrogen and oxygen atoms in total. The Hall–Kier alpha value is -0.0800. The summed E-state index contributed by atoms with van der Waals surface area (Å²) in [7, 11) is 2.27. The third kappa shape index (κ3) is 1.09. The van der Waals surface area contributed by atoms with Crippen LogP contribution >= 0.6 is 0 Å². The minimum atomic E-state index is 0.498. The third-order valence-corrected chi connectivity index (χ3v) is 3.93. The van der Waals surface area contributed by atoms with Gasteiger partial charge >= 0.3 is 0 Å². The second kappa shape index (κ2) is 3.00. The molecular formula is C10H19NO. The summed E-state index contributed by atoms with van der Waals surface area (Å²) in [6, 6.07) is 0. The van der Waals surface area contributed by atoms with Crippen molar-refractivity contribution in [3.8, 4) is 0 Å². The van der Waals surface area contributed by atoms with Crippen molar-refractivity contribution >= 4 is 0 Å². The minimum Gasteiger partial charge on any atom is -0.381 e. The Morgan fingerprint density at radius 3 is 2.50 bits per heavy atom. The van der Waals surface area contributed by atoms with Gasteiger partial charge in [0.1, 0.15) is 0 Å². The summed E-state index contributed by atoms with van der Waals surface area (Å²) in [6.07, 6.45) is 3.85. The highest BCUT2D eigenvalue weighted by Gasteiger charge is 2.44. The molecule has 12 heavy (non-hydrogen) atoms. The lowest BCUT2D eigenvalue weighted by Gasteiger charge is -2.42. The number of likely N-dealkylation sites (tertiary alicyclic amines) is 1. The summed E-state index contributed by atoms with van der Waals surface area (Å²) in [5.74, 6) is 0.867. The molecule has 0 aromatic heterocycles. The zero-order valence-electron chi connectivity index (χ0n) is 8.18. The van der Waals surface area contributed by atoms with Gasteiger partial charge in [-0.25, -0.2) is 0 Å². The predicted molar refractivity (Wildman–Crippen MR) is 49.2 cm³/mol. The Morgan fingerprint density at radius 1 is 1.33 bits per heavy atom. The summed E-state index contributed by atoms with van der Waals surface area (Å²) < 4.78 is 5.43. The lowest BCUT2D eigenvalue weighted by atomic mass is 9.80. The van der Waals surface area contributed by atoms with E-state index in [4.69, 9.17) is 4.74 Å². The van der Waals surface area contributed by atoms with Gasteiger partial charge in [-0.1, -0.05) is 6.92 Å². The van der Waals surface area contributed by atoms with Gasteiger partial charge in [-0.3, -0.25) is 0 Å². The Balaban J connectivity index is 2.14. The van der Waals surface area contributed by atoms with Gasteiger partial charge in [0.15, 0.2) is 0 Å². The highest BCUT2D eigenvalue weighted by Crippen LogP contribution is 2.40. The summed E-state index contributed by atoms with van der Waals surface area (Å²) in [5.41, 5.74) is 0.498. The molecule has 1 atom stereocenters. The van der Waals surface area contributed by atoms with Crippen LogP contribution in [0.4, 0.5) is 0 Å². The average molecular weight is 169 g/mol. The van der Waals surface area contributed by atoms with Crippen LogP contribution in [0, 0.1) is 5.92 Å². The normalized spacial score (nSPS) is 36.0. The molecule has 0 saturated carbocycles. The summed E-state index contributed by atoms with van der Waals surface area (Å²) >= 11 is 0. The molecule has 2 aliphatic rings. The average Bonchev–Trinajstić information content (AvgIpc) is 2.36. The fourth-order valence-corrected chi connectivity index (χ4v) is 2.85. The first kappa shape index (κ1) is 8.52. The van der Waals surface area contributed by atoms with E-state index in [-0.39, 0.29) is 0 Å². The Bertz CT molecular complexity index is 151. The van der Waals surface area contributed by atoms with Gasteiger partial charge in [0.2, 0.25) is 0 Å². The molecule has 2 rings (SSSR count). The van der Waals surface area contributed by atoms with Crippen LogP contribution in [0.3, 0.4) is 0 Å². The van der Waals surface area contributed by atoms with Crippen molar-refractivity contribution in [2.75, 3.05) is 26.8 Å². The maximum absolute atomic E-state index is 5.43. The van der Waals surface area contributed by atoms with E-state index in [9.17, 15) is 0 Å². The van der Waals surface area contributed by atoms with Gasteiger partial charge in [0.05, 0.1) is 0 Å². The maximum Gasteiger partial charge on any atom is 0.0483 e. The molecule has 2 heterocycles. The van der Waals surface area contributed by atoms with Crippen molar-refractivity contribution in [2.45, 2.75) is 31.7 Å². The molecule has 0 N–H and O–H groups in total. The van der Waals surface area contributed by atoms with Crippen LogP contribution in [0.15, 0.2) is 0 Å². The number of nitrogens with zero attached hydrogens (tertiary/aromatic N) is 1. The van der Waals surface area contributed by atoms with Crippen molar-refractivity contribution in [1.82, 2.24) is 4.90 Å². The molecular weight excluding hydrogens is 150 g/mol. The lowest BCUT2D eigenvalue weighted by Crippen LogP contribution is -2.49. The number of ether oxygens (including phenoxy) is 1. The van der Waals surface area contributed by atoms with E-state index in [2.05, 4.69) is 18.9 Å². The van der Waals surface area contributed by atoms with Crippen molar-refractivity contribution in [1.29, 1.82) is 0 Å². The standard InChI is InChI=1S/C10H19NO/c1-9-3-6-11(2)10(9)4-7-12-8-5-10/h9H,3-8H2,1-2H3/t9-/m0/s1. The molecule has 2 saturated heterocycles. The molecule has 0 aromatic carbocycles. The SMILES string of the molecule is C[C@H]1CCN(C)C12CCOCC2. The topological polar surface area (TPSA) is 12.5 Å². The second-order valence-corrected chi connectivity index (χ2v) is 4.33. The summed E-state index contributed by atoms with van der Waals surface area (Å²) in [4.78, 5) is 2.56. The van der Waals surface area contributed by atoms with E-state index in [1.807, 2.05) is 0 Å². The first-order chi connectivity index (χ1) is 5.76. The molecule has 70 valence electrons. The molecule has 2 heteroatoms. The van der Waals surface area contributed by atoms with E-state index in [1.165, 1.54) is 25.8 Å². The van der Waals surface area contributed by atoms with Gasteiger partial charge in [-0.15, -0.1) is 0 Å². The number of rotatable bonds is 0. The zero-order valence-corrected chi connectivity index (χ0v) is 8.18. The number of hydrogen-bond acceptors (Lipinski definition) is 2. The van der Waals surface area contributed by atoms with Gasteiger partial charge in [-0.05, 0) is 38.8 Å². The highest BCUT2D eigenvalue weighted by atomic mass is 16.5.